The van der Waals surface area contributed by atoms with Crippen molar-refractivity contribution < 1.29 is 19.1 Å². The van der Waals surface area contributed by atoms with E-state index in [0.29, 0.717) is 30.9 Å². The lowest BCUT2D eigenvalue weighted by atomic mass is 9.89. The summed E-state index contributed by atoms with van der Waals surface area (Å²) in [4.78, 5) is 32.6. The number of hydrogen-bond donors (Lipinski definition) is 2. The van der Waals surface area contributed by atoms with Gasteiger partial charge in [0, 0.05) is 42.7 Å². The lowest BCUT2D eigenvalue weighted by Gasteiger charge is -2.39. The Morgan fingerprint density at radius 1 is 1.37 bits per heavy atom. The van der Waals surface area contributed by atoms with E-state index in [4.69, 9.17) is 26.8 Å². The minimum absolute atomic E-state index is 0.00186. The summed E-state index contributed by atoms with van der Waals surface area (Å²) >= 11 is 6.40. The van der Waals surface area contributed by atoms with Gasteiger partial charge in [-0.2, -0.15) is 0 Å². The summed E-state index contributed by atoms with van der Waals surface area (Å²) in [6, 6.07) is 3.39. The molecule has 4 rings (SSSR count). The van der Waals surface area contributed by atoms with Gasteiger partial charge in [0.05, 0.1) is 18.0 Å². The zero-order valence-electron chi connectivity index (χ0n) is 21.5. The van der Waals surface area contributed by atoms with Crippen LogP contribution in [0.1, 0.15) is 70.5 Å². The number of carbonyl (C=O) groups is 2. The number of amides is 2. The van der Waals surface area contributed by atoms with Crippen LogP contribution in [0.5, 0.6) is 5.75 Å². The molecule has 0 spiro atoms. The van der Waals surface area contributed by atoms with E-state index < -0.39 is 11.1 Å². The largest absolute Gasteiger partial charge is 0.487 e. The van der Waals surface area contributed by atoms with Gasteiger partial charge >= 0.3 is 0 Å². The Bertz CT molecular complexity index is 1050. The summed E-state index contributed by atoms with van der Waals surface area (Å²) in [6.07, 6.45) is 2.20. The molecule has 0 saturated heterocycles. The molecule has 192 valence electrons. The maximum Gasteiger partial charge on any atom is 0.231 e. The predicted molar refractivity (Wildman–Crippen MR) is 135 cm³/mol. The summed E-state index contributed by atoms with van der Waals surface area (Å²) in [7, 11) is 1.63. The molecule has 0 radical (unpaired) electrons. The summed E-state index contributed by atoms with van der Waals surface area (Å²) in [5.74, 6) is 0.691. The molecular weight excluding hydrogens is 468 g/mol. The van der Waals surface area contributed by atoms with Crippen LogP contribution in [0.4, 0.5) is 0 Å². The molecule has 4 atom stereocenters. The van der Waals surface area contributed by atoms with E-state index in [0.717, 1.165) is 16.9 Å². The van der Waals surface area contributed by atoms with Crippen LogP contribution in [0.25, 0.3) is 0 Å². The molecule has 1 aliphatic carbocycles. The summed E-state index contributed by atoms with van der Waals surface area (Å²) in [5, 5.41) is 3.89. The summed E-state index contributed by atoms with van der Waals surface area (Å²) in [6.45, 7) is 10.2. The monoisotopic (exact) mass is 504 g/mol. The number of guanidine groups is 1. The van der Waals surface area contributed by atoms with Gasteiger partial charge in [0.15, 0.2) is 5.96 Å². The third kappa shape index (κ3) is 5.43. The van der Waals surface area contributed by atoms with Gasteiger partial charge in [-0.3, -0.25) is 14.5 Å². The molecular formula is C26H37ClN4O4. The van der Waals surface area contributed by atoms with E-state index in [-0.39, 0.29) is 48.1 Å². The summed E-state index contributed by atoms with van der Waals surface area (Å²) < 4.78 is 11.5. The first kappa shape index (κ1) is 25.8. The molecule has 1 fully saturated rings. The van der Waals surface area contributed by atoms with Gasteiger partial charge in [-0.15, -0.1) is 0 Å². The van der Waals surface area contributed by atoms with Gasteiger partial charge in [0.1, 0.15) is 11.4 Å². The average molecular weight is 505 g/mol. The van der Waals surface area contributed by atoms with Crippen molar-refractivity contribution in [2.75, 3.05) is 13.7 Å². The quantitative estimate of drug-likeness (QED) is 0.588. The third-order valence-corrected chi connectivity index (χ3v) is 7.61. The number of nitrogens with one attached hydrogen (secondary N) is 1. The molecule has 0 bridgehead atoms. The average Bonchev–Trinajstić information content (AvgIpc) is 3.51. The highest BCUT2D eigenvalue weighted by atomic mass is 35.5. The van der Waals surface area contributed by atoms with Crippen LogP contribution in [0.3, 0.4) is 0 Å². The smallest absolute Gasteiger partial charge is 0.231 e. The van der Waals surface area contributed by atoms with E-state index in [1.165, 1.54) is 0 Å². The maximum absolute atomic E-state index is 13.4. The molecule has 3 aliphatic rings. The molecule has 3 N–H and O–H groups in total. The van der Waals surface area contributed by atoms with Crippen molar-refractivity contribution >= 4 is 29.4 Å². The van der Waals surface area contributed by atoms with Crippen LogP contribution in [0.15, 0.2) is 17.1 Å². The lowest BCUT2D eigenvalue weighted by molar-refractivity contribution is -0.132. The van der Waals surface area contributed by atoms with Crippen molar-refractivity contribution in [3.8, 4) is 5.75 Å². The normalized spacial score (nSPS) is 27.4. The number of halogens is 1. The number of rotatable bonds is 7. The van der Waals surface area contributed by atoms with Gasteiger partial charge in [0.25, 0.3) is 0 Å². The number of nitrogens with two attached hydrogens (primary N) is 1. The van der Waals surface area contributed by atoms with Crippen molar-refractivity contribution in [1.29, 1.82) is 0 Å². The highest BCUT2D eigenvalue weighted by Crippen LogP contribution is 2.47. The van der Waals surface area contributed by atoms with Crippen molar-refractivity contribution in [3.05, 3.63) is 28.3 Å². The van der Waals surface area contributed by atoms with E-state index in [1.54, 1.807) is 12.0 Å². The number of fused-ring (bicyclic) bond motifs is 1. The van der Waals surface area contributed by atoms with Gasteiger partial charge in [-0.05, 0) is 71.1 Å². The second-order valence-electron chi connectivity index (χ2n) is 11.3. The van der Waals surface area contributed by atoms with Crippen molar-refractivity contribution in [3.63, 3.8) is 0 Å². The summed E-state index contributed by atoms with van der Waals surface area (Å²) in [5.41, 5.74) is 7.14. The molecule has 0 unspecified atom stereocenters. The molecule has 2 heterocycles. The Kier molecular flexibility index (Phi) is 6.83. The number of aliphatic imine (C=N–C) groups is 1. The number of nitrogens with zero attached hydrogens (tertiary/aromatic N) is 2. The lowest BCUT2D eigenvalue weighted by Crippen LogP contribution is -2.55. The Morgan fingerprint density at radius 3 is 2.74 bits per heavy atom. The Morgan fingerprint density at radius 2 is 2.09 bits per heavy atom. The molecule has 1 aromatic rings. The highest BCUT2D eigenvalue weighted by Gasteiger charge is 2.52. The minimum atomic E-state index is -0.521. The molecule has 1 saturated carbocycles. The highest BCUT2D eigenvalue weighted by molar-refractivity contribution is 6.31. The van der Waals surface area contributed by atoms with Crippen LogP contribution >= 0.6 is 11.6 Å². The van der Waals surface area contributed by atoms with Crippen LogP contribution in [0, 0.1) is 18.8 Å². The Balaban J connectivity index is 1.52. The number of aryl methyl sites for hydroxylation is 1. The third-order valence-electron chi connectivity index (χ3n) is 7.20. The molecule has 9 heteroatoms. The van der Waals surface area contributed by atoms with Gasteiger partial charge < -0.3 is 20.5 Å². The zero-order valence-corrected chi connectivity index (χ0v) is 22.2. The van der Waals surface area contributed by atoms with Crippen LogP contribution < -0.4 is 15.8 Å². The van der Waals surface area contributed by atoms with Gasteiger partial charge in [-0.25, -0.2) is 4.99 Å². The second-order valence-corrected chi connectivity index (χ2v) is 11.8. The fourth-order valence-corrected chi connectivity index (χ4v) is 5.61. The van der Waals surface area contributed by atoms with E-state index >= 15 is 0 Å². The fraction of sp³-hybridized carbons (Fsp3) is 0.654. The zero-order chi connectivity index (χ0) is 25.7. The van der Waals surface area contributed by atoms with E-state index in [2.05, 4.69) is 10.3 Å². The topological polar surface area (TPSA) is 106 Å². The molecule has 2 aliphatic heterocycles. The van der Waals surface area contributed by atoms with E-state index in [1.807, 2.05) is 46.8 Å². The molecule has 35 heavy (non-hydrogen) atoms. The van der Waals surface area contributed by atoms with Crippen molar-refractivity contribution in [2.45, 2.75) is 83.5 Å². The Hall–Kier alpha value is -2.32. The van der Waals surface area contributed by atoms with Crippen molar-refractivity contribution in [2.24, 2.45) is 22.6 Å². The number of methoxy groups -OCH3 is 1. The first-order chi connectivity index (χ1) is 16.3. The number of carbonyl (C=O) groups excluding carboxylic acids is 2. The predicted octanol–water partition coefficient (Wildman–Crippen LogP) is 3.73. The number of benzene rings is 1. The van der Waals surface area contributed by atoms with E-state index in [9.17, 15) is 9.59 Å². The Labute approximate surface area is 212 Å². The first-order valence-electron chi connectivity index (χ1n) is 12.3. The van der Waals surface area contributed by atoms with Gasteiger partial charge in [0.2, 0.25) is 11.8 Å². The number of ether oxygens (including phenoxy) is 2. The molecule has 1 aromatic carbocycles. The number of hydrogen-bond acceptors (Lipinski definition) is 6. The minimum Gasteiger partial charge on any atom is -0.487 e. The second kappa shape index (κ2) is 9.28. The first-order valence-corrected chi connectivity index (χ1v) is 12.7. The molecule has 0 aromatic heterocycles. The maximum atomic E-state index is 13.4. The van der Waals surface area contributed by atoms with Crippen LogP contribution in [-0.2, 0) is 14.3 Å². The van der Waals surface area contributed by atoms with Gasteiger partial charge in [-0.1, -0.05) is 11.6 Å². The van der Waals surface area contributed by atoms with Crippen LogP contribution in [-0.4, -0.2) is 53.6 Å². The fourth-order valence-electron chi connectivity index (χ4n) is 5.44. The SMILES string of the molecule is COCC[C@H]([C@H]1C[C@@H]1C(=O)N[C@@H]1CC(C)(C)Oc2cc(C)c(Cl)cc21)N1C(=O)CC(C)(C)N=C1N. The molecule has 8 nitrogen and oxygen atoms in total. The van der Waals surface area contributed by atoms with Crippen molar-refractivity contribution in [1.82, 2.24) is 10.2 Å². The molecule has 2 amide bonds. The van der Waals surface area contributed by atoms with Crippen LogP contribution in [0.2, 0.25) is 5.02 Å². The standard InChI is InChI=1S/C26H37ClN4O4/c1-14-9-21-17(11-18(14)27)19(12-26(4,5)35-21)29-23(33)16-10-15(16)20(7-8-34-6)31-22(32)13-25(2,3)30-24(31)28/h9,11,15-16,19-20H,7-8,10,12-13H2,1-6H3,(H2,28,30)(H,29,33)/t15-,16-,19+,20+/m0/s1.